The first-order valence-corrected chi connectivity index (χ1v) is 25.3. The van der Waals surface area contributed by atoms with Crippen molar-refractivity contribution in [2.75, 3.05) is 11.4 Å². The van der Waals surface area contributed by atoms with E-state index in [1.807, 2.05) is 12.3 Å². The van der Waals surface area contributed by atoms with Crippen molar-refractivity contribution in [1.29, 1.82) is 0 Å². The van der Waals surface area contributed by atoms with Crippen molar-refractivity contribution < 1.29 is 24.1 Å². The molecule has 0 saturated heterocycles. The monoisotopic (exact) mass is 1080 g/mol. The summed E-state index contributed by atoms with van der Waals surface area (Å²) in [5, 5.41) is 0. The molecule has 1 aliphatic heterocycles. The van der Waals surface area contributed by atoms with Gasteiger partial charge < -0.3 is 0 Å². The van der Waals surface area contributed by atoms with Crippen LogP contribution in [0, 0.1) is 43.6 Å². The Bertz CT molecular complexity index is 3360. The Morgan fingerprint density at radius 3 is 1.77 bits per heavy atom. The summed E-state index contributed by atoms with van der Waals surface area (Å²) in [4.78, 5) is 7.20. The van der Waals surface area contributed by atoms with E-state index in [0.717, 1.165) is 50.7 Å². The predicted octanol–water partition coefficient (Wildman–Crippen LogP) is 16.1. The van der Waals surface area contributed by atoms with Crippen LogP contribution in [0.5, 0.6) is 11.5 Å². The molecule has 69 heavy (non-hydrogen) atoms. The minimum absolute atomic E-state index is 0.0140. The second kappa shape index (κ2) is 18.1. The zero-order chi connectivity index (χ0) is 48.4. The van der Waals surface area contributed by atoms with Crippen LogP contribution in [0.1, 0.15) is 98.4 Å². The molecule has 1 atom stereocenters. The Kier molecular flexibility index (Phi) is 12.1. The number of imidazole rings is 1. The van der Waals surface area contributed by atoms with E-state index in [1.165, 1.54) is 66.8 Å². The molecule has 0 fully saturated rings. The van der Waals surface area contributed by atoms with Gasteiger partial charge in [-0.1, -0.05) is 59.7 Å². The Balaban J connectivity index is 1.10. The molecule has 3 heterocycles. The number of fused-ring (bicyclic) bond motifs is 2. The third-order valence-electron chi connectivity index (χ3n) is 14.1. The van der Waals surface area contributed by atoms with Gasteiger partial charge in [-0.25, -0.2) is 0 Å². The number of pyridine rings is 1. The van der Waals surface area contributed by atoms with Gasteiger partial charge in [-0.3, -0.25) is 0 Å². The van der Waals surface area contributed by atoms with Crippen molar-refractivity contribution in [1.82, 2.24) is 14.1 Å². The summed E-state index contributed by atoms with van der Waals surface area (Å²) in [5.74, 6) is 2.35. The van der Waals surface area contributed by atoms with Gasteiger partial charge in [0.25, 0.3) is 0 Å². The number of benzene rings is 7. The topological polar surface area (TPSA) is 35.2 Å². The molecule has 2 aromatic heterocycles. The zero-order valence-electron chi connectivity index (χ0n) is 41.4. The number of anilines is 2. The first-order valence-electron chi connectivity index (χ1n) is 24.1. The quantitative estimate of drug-likeness (QED) is 0.142. The summed E-state index contributed by atoms with van der Waals surface area (Å²) in [6.45, 7) is 23.6. The van der Waals surface area contributed by atoms with Crippen molar-refractivity contribution in [3.8, 4) is 45.1 Å². The normalized spacial score (nSPS) is 14.0. The fourth-order valence-electron chi connectivity index (χ4n) is 10.1. The van der Waals surface area contributed by atoms with Crippen LogP contribution in [-0.4, -0.2) is 20.7 Å². The fraction of sp³-hybridized carbons (Fsp3) is 0.238. The van der Waals surface area contributed by atoms with Crippen molar-refractivity contribution in [2.24, 2.45) is 0 Å². The van der Waals surface area contributed by atoms with Gasteiger partial charge in [0, 0.05) is 6.20 Å². The molecule has 0 spiro atoms. The minimum atomic E-state index is 0.0140. The standard InChI is InChI=1S/C63H60N4O.Pt/c1-41-30-32-64-58(34-41)65-33-31-53(47-35-48(62(5,6)7)37-49(36-47)63(8,9)10)54-29-28-52(39-57(54)65)68-51-25-19-24-50(38-51)66-40-67(56-27-18-17-26-55(56)66)61-59(45-20-13-11-14-21-45)43(3)42(2)44(4)60(61)46-22-15-12-16-23-46;/h11-30,32,34-37,53H,31,33H2,1-10H3;/q-2;. The van der Waals surface area contributed by atoms with Gasteiger partial charge in [0.2, 0.25) is 0 Å². The molecule has 0 bridgehead atoms. The van der Waals surface area contributed by atoms with E-state index >= 15 is 0 Å². The number of hydrogen-bond acceptors (Lipinski definition) is 3. The molecule has 7 aromatic carbocycles. The van der Waals surface area contributed by atoms with Crippen LogP contribution < -0.4 is 9.64 Å². The molecular weight excluding hydrogens is 1020 g/mol. The SMILES string of the molecule is Cc1ccnc(N2CCC(c3cc(C(C)(C)C)cc(C(C)(C)C)c3)c3ccc(Oc4[c-]c(-n5[c](=[Pt])n(-c6c(-c7ccccc7)c(C)c(C)c(C)c6-c6ccccc6)c6ccccc65)ccc4)[c-]c32)c1. The second-order valence-corrected chi connectivity index (χ2v) is 21.8. The molecule has 350 valence electrons. The summed E-state index contributed by atoms with van der Waals surface area (Å²) in [7, 11) is 0. The van der Waals surface area contributed by atoms with Crippen LogP contribution in [0.15, 0.2) is 152 Å². The van der Waals surface area contributed by atoms with E-state index in [9.17, 15) is 0 Å². The molecule has 0 N–H and O–H groups in total. The number of ether oxygens (including phenoxy) is 1. The predicted molar refractivity (Wildman–Crippen MR) is 281 cm³/mol. The number of para-hydroxylation sites is 2. The van der Waals surface area contributed by atoms with Crippen molar-refractivity contribution in [2.45, 2.75) is 92.4 Å². The molecule has 0 radical (unpaired) electrons. The maximum absolute atomic E-state index is 6.84. The first kappa shape index (κ1) is 46.2. The van der Waals surface area contributed by atoms with E-state index in [1.54, 1.807) is 0 Å². The third-order valence-corrected chi connectivity index (χ3v) is 15.1. The Morgan fingerprint density at radius 1 is 0.594 bits per heavy atom. The molecular formula is C63H60N4OPt-2. The van der Waals surface area contributed by atoms with Crippen LogP contribution in [0.4, 0.5) is 11.5 Å². The zero-order valence-corrected chi connectivity index (χ0v) is 43.7. The molecule has 9 aromatic rings. The Hall–Kier alpha value is -6.55. The van der Waals surface area contributed by atoms with Gasteiger partial charge in [0.15, 0.2) is 0 Å². The molecule has 10 rings (SSSR count). The van der Waals surface area contributed by atoms with Gasteiger partial charge >= 0.3 is 316 Å². The van der Waals surface area contributed by atoms with E-state index in [4.69, 9.17) is 9.72 Å². The van der Waals surface area contributed by atoms with Gasteiger partial charge in [-0.15, -0.1) is 0 Å². The number of aryl methyl sites for hydroxylation is 1. The third kappa shape index (κ3) is 8.65. The van der Waals surface area contributed by atoms with Crippen LogP contribution in [0.25, 0.3) is 44.7 Å². The summed E-state index contributed by atoms with van der Waals surface area (Å²) < 4.78 is 12.6. The average Bonchev–Trinajstić information content (AvgIpc) is 3.63. The van der Waals surface area contributed by atoms with E-state index in [2.05, 4.69) is 254 Å². The van der Waals surface area contributed by atoms with Crippen molar-refractivity contribution in [3.05, 3.63) is 212 Å². The Morgan fingerprint density at radius 2 is 1.17 bits per heavy atom. The summed E-state index contributed by atoms with van der Waals surface area (Å²) >= 11 is 2.52. The molecule has 1 unspecified atom stereocenters. The van der Waals surface area contributed by atoms with Gasteiger partial charge in [-0.05, 0) is 40.5 Å². The number of rotatable bonds is 8. The van der Waals surface area contributed by atoms with E-state index < -0.39 is 0 Å². The number of aromatic nitrogens is 3. The molecule has 0 amide bonds. The molecule has 0 saturated carbocycles. The first-order chi connectivity index (χ1) is 33.1. The van der Waals surface area contributed by atoms with Crippen LogP contribution in [0.3, 0.4) is 0 Å². The van der Waals surface area contributed by atoms with E-state index in [0.29, 0.717) is 11.5 Å². The number of nitrogens with zero attached hydrogens (tertiary/aromatic N) is 4. The second-order valence-electron chi connectivity index (χ2n) is 20.8. The van der Waals surface area contributed by atoms with E-state index in [-0.39, 0.29) is 16.7 Å². The molecule has 0 aliphatic carbocycles. The van der Waals surface area contributed by atoms with Crippen molar-refractivity contribution in [3.63, 3.8) is 0 Å². The van der Waals surface area contributed by atoms with Crippen LogP contribution in [-0.2, 0) is 30.2 Å². The maximum atomic E-state index is 6.84. The molecule has 1 aliphatic rings. The molecule has 6 heteroatoms. The van der Waals surface area contributed by atoms with Gasteiger partial charge in [-0.2, -0.15) is 0 Å². The average molecular weight is 1080 g/mol. The van der Waals surface area contributed by atoms with Gasteiger partial charge in [0.1, 0.15) is 0 Å². The number of hydrogen-bond donors (Lipinski definition) is 0. The van der Waals surface area contributed by atoms with Gasteiger partial charge in [0.05, 0.1) is 0 Å². The van der Waals surface area contributed by atoms with Crippen LogP contribution >= 0.6 is 0 Å². The Labute approximate surface area is 419 Å². The fourth-order valence-corrected chi connectivity index (χ4v) is 11.2. The summed E-state index contributed by atoms with van der Waals surface area (Å²) in [6.07, 6.45) is 2.86. The molecule has 5 nitrogen and oxygen atoms in total. The summed E-state index contributed by atoms with van der Waals surface area (Å²) in [5.41, 5.74) is 20.4. The summed E-state index contributed by atoms with van der Waals surface area (Å²) in [6, 6.07) is 59.9. The van der Waals surface area contributed by atoms with Crippen molar-refractivity contribution >= 4 is 22.5 Å². The van der Waals surface area contributed by atoms with Crippen LogP contribution in [0.2, 0.25) is 0 Å².